The first-order chi connectivity index (χ1) is 8.64. The molecule has 2 N–H and O–H groups in total. The molecule has 0 radical (unpaired) electrons. The highest BCUT2D eigenvalue weighted by molar-refractivity contribution is 7.89. The third-order valence-corrected chi connectivity index (χ3v) is 4.67. The lowest BCUT2D eigenvalue weighted by atomic mass is 10.1. The summed E-state index contributed by atoms with van der Waals surface area (Å²) in [5, 5.41) is 3.26. The monoisotopic (exact) mass is 278 g/mol. The maximum Gasteiger partial charge on any atom is 0.213 e. The maximum absolute atomic E-state index is 11.8. The molecule has 0 aromatic heterocycles. The van der Waals surface area contributed by atoms with E-state index in [1.807, 2.05) is 0 Å². The summed E-state index contributed by atoms with van der Waals surface area (Å²) in [5.41, 5.74) is 0. The third-order valence-electron chi connectivity index (χ3n) is 3.18. The maximum atomic E-state index is 11.8. The van der Waals surface area contributed by atoms with Crippen molar-refractivity contribution in [3.63, 3.8) is 0 Å². The number of sulfonamides is 1. The minimum atomic E-state index is -3.12. The molecule has 0 aromatic rings. The Morgan fingerprint density at radius 3 is 2.78 bits per heavy atom. The number of rotatable bonds is 9. The summed E-state index contributed by atoms with van der Waals surface area (Å²) in [6, 6.07) is 0.129. The fraction of sp³-hybridized carbons (Fsp3) is 1.00. The predicted octanol–water partition coefficient (Wildman–Crippen LogP) is 0.865. The van der Waals surface area contributed by atoms with E-state index in [9.17, 15) is 8.42 Å². The highest BCUT2D eigenvalue weighted by atomic mass is 32.2. The van der Waals surface area contributed by atoms with Crippen LogP contribution < -0.4 is 10.0 Å². The molecular formula is C12H26N2O3S. The summed E-state index contributed by atoms with van der Waals surface area (Å²) in [6.45, 7) is 2.23. The van der Waals surface area contributed by atoms with E-state index in [1.165, 1.54) is 0 Å². The van der Waals surface area contributed by atoms with Gasteiger partial charge in [0.15, 0.2) is 0 Å². The van der Waals surface area contributed by atoms with Crippen molar-refractivity contribution in [3.05, 3.63) is 0 Å². The Morgan fingerprint density at radius 2 is 2.11 bits per heavy atom. The number of unbranched alkanes of at least 4 members (excludes halogenated alkanes) is 2. The molecule has 6 heteroatoms. The van der Waals surface area contributed by atoms with Gasteiger partial charge in [-0.3, -0.25) is 0 Å². The summed E-state index contributed by atoms with van der Waals surface area (Å²) in [5.74, 6) is 0.213. The second-order valence-electron chi connectivity index (χ2n) is 4.88. The van der Waals surface area contributed by atoms with E-state index < -0.39 is 10.0 Å². The second kappa shape index (κ2) is 8.85. The molecule has 0 aromatic carbocycles. The molecule has 1 unspecified atom stereocenters. The van der Waals surface area contributed by atoms with Gasteiger partial charge < -0.3 is 10.1 Å². The molecule has 1 saturated heterocycles. The van der Waals surface area contributed by atoms with Crippen LogP contribution >= 0.6 is 0 Å². The Morgan fingerprint density at radius 1 is 1.28 bits per heavy atom. The summed E-state index contributed by atoms with van der Waals surface area (Å²) in [4.78, 5) is 0. The number of ether oxygens (including phenoxy) is 1. The molecule has 1 aliphatic heterocycles. The van der Waals surface area contributed by atoms with Gasteiger partial charge in [0.05, 0.1) is 5.75 Å². The van der Waals surface area contributed by atoms with E-state index in [-0.39, 0.29) is 11.8 Å². The SMILES string of the molecule is COCCCCCNS(=O)(=O)CC1CCCCN1. The highest BCUT2D eigenvalue weighted by Gasteiger charge is 2.20. The first-order valence-corrected chi connectivity index (χ1v) is 8.49. The van der Waals surface area contributed by atoms with E-state index in [0.717, 1.165) is 51.7 Å². The number of piperidine rings is 1. The predicted molar refractivity (Wildman–Crippen MR) is 73.2 cm³/mol. The molecule has 0 bridgehead atoms. The van der Waals surface area contributed by atoms with E-state index in [4.69, 9.17) is 4.74 Å². The summed E-state index contributed by atoms with van der Waals surface area (Å²) < 4.78 is 31.2. The van der Waals surface area contributed by atoms with Gasteiger partial charge in [0, 0.05) is 26.3 Å². The number of hydrogen-bond donors (Lipinski definition) is 2. The van der Waals surface area contributed by atoms with Crippen molar-refractivity contribution in [2.24, 2.45) is 0 Å². The van der Waals surface area contributed by atoms with Crippen LogP contribution in [0, 0.1) is 0 Å². The second-order valence-corrected chi connectivity index (χ2v) is 6.73. The number of nitrogens with one attached hydrogen (secondary N) is 2. The van der Waals surface area contributed by atoms with E-state index in [1.54, 1.807) is 7.11 Å². The number of methoxy groups -OCH3 is 1. The summed E-state index contributed by atoms with van der Waals surface area (Å²) >= 11 is 0. The molecule has 1 heterocycles. The fourth-order valence-electron chi connectivity index (χ4n) is 2.17. The van der Waals surface area contributed by atoms with Crippen LogP contribution in [0.1, 0.15) is 38.5 Å². The molecule has 0 spiro atoms. The smallest absolute Gasteiger partial charge is 0.213 e. The third kappa shape index (κ3) is 7.31. The minimum absolute atomic E-state index is 0.129. The molecule has 18 heavy (non-hydrogen) atoms. The van der Waals surface area contributed by atoms with Gasteiger partial charge in [-0.05, 0) is 38.6 Å². The molecule has 0 aliphatic carbocycles. The van der Waals surface area contributed by atoms with Gasteiger partial charge >= 0.3 is 0 Å². The average molecular weight is 278 g/mol. The van der Waals surface area contributed by atoms with Gasteiger partial charge in [-0.15, -0.1) is 0 Å². The standard InChI is InChI=1S/C12H26N2O3S/c1-17-10-6-2-4-9-14-18(15,16)11-12-7-3-5-8-13-12/h12-14H,2-11H2,1H3. The zero-order valence-corrected chi connectivity index (χ0v) is 12.1. The van der Waals surface area contributed by atoms with Crippen LogP contribution in [0.5, 0.6) is 0 Å². The van der Waals surface area contributed by atoms with Gasteiger partial charge in [-0.1, -0.05) is 6.42 Å². The Hall–Kier alpha value is -0.170. The van der Waals surface area contributed by atoms with Crippen molar-refractivity contribution in [2.45, 2.75) is 44.6 Å². The van der Waals surface area contributed by atoms with Gasteiger partial charge in [0.1, 0.15) is 0 Å². The lowest BCUT2D eigenvalue weighted by Crippen LogP contribution is -2.42. The molecule has 5 nitrogen and oxygen atoms in total. The van der Waals surface area contributed by atoms with Crippen molar-refractivity contribution in [2.75, 3.05) is 32.6 Å². The Balaban J connectivity index is 2.11. The highest BCUT2D eigenvalue weighted by Crippen LogP contribution is 2.08. The zero-order chi connectivity index (χ0) is 13.3. The van der Waals surface area contributed by atoms with Gasteiger partial charge in [-0.25, -0.2) is 13.1 Å². The van der Waals surface area contributed by atoms with Crippen molar-refractivity contribution >= 4 is 10.0 Å². The van der Waals surface area contributed by atoms with Crippen LogP contribution in [0.3, 0.4) is 0 Å². The van der Waals surface area contributed by atoms with Gasteiger partial charge in [0.2, 0.25) is 10.0 Å². The van der Waals surface area contributed by atoms with Gasteiger partial charge in [0.25, 0.3) is 0 Å². The van der Waals surface area contributed by atoms with Crippen LogP contribution in [-0.4, -0.2) is 47.0 Å². The molecule has 1 aliphatic rings. The van der Waals surface area contributed by atoms with Crippen LogP contribution in [0.25, 0.3) is 0 Å². The zero-order valence-electron chi connectivity index (χ0n) is 11.3. The lowest BCUT2D eigenvalue weighted by molar-refractivity contribution is 0.192. The van der Waals surface area contributed by atoms with Crippen molar-refractivity contribution in [1.82, 2.24) is 10.0 Å². The first-order valence-electron chi connectivity index (χ1n) is 6.84. The topological polar surface area (TPSA) is 67.4 Å². The Bertz CT molecular complexity index is 300. The van der Waals surface area contributed by atoms with E-state index in [0.29, 0.717) is 6.54 Å². The molecule has 1 fully saturated rings. The molecule has 0 saturated carbocycles. The van der Waals surface area contributed by atoms with Crippen molar-refractivity contribution < 1.29 is 13.2 Å². The first kappa shape index (κ1) is 15.9. The van der Waals surface area contributed by atoms with Crippen LogP contribution in [-0.2, 0) is 14.8 Å². The number of hydrogen-bond acceptors (Lipinski definition) is 4. The lowest BCUT2D eigenvalue weighted by Gasteiger charge is -2.23. The minimum Gasteiger partial charge on any atom is -0.385 e. The molecule has 0 amide bonds. The normalized spacial score (nSPS) is 21.1. The Kier molecular flexibility index (Phi) is 7.81. The van der Waals surface area contributed by atoms with Gasteiger partial charge in [-0.2, -0.15) is 0 Å². The molecule has 1 rings (SSSR count). The van der Waals surface area contributed by atoms with E-state index >= 15 is 0 Å². The average Bonchev–Trinajstić information content (AvgIpc) is 2.34. The fourth-order valence-corrected chi connectivity index (χ4v) is 3.55. The van der Waals surface area contributed by atoms with E-state index in [2.05, 4.69) is 10.0 Å². The molecule has 108 valence electrons. The van der Waals surface area contributed by atoms with Crippen LogP contribution in [0.4, 0.5) is 0 Å². The van der Waals surface area contributed by atoms with Crippen LogP contribution in [0.15, 0.2) is 0 Å². The molecular weight excluding hydrogens is 252 g/mol. The van der Waals surface area contributed by atoms with Crippen molar-refractivity contribution in [3.8, 4) is 0 Å². The quantitative estimate of drug-likeness (QED) is 0.614. The Labute approximate surface area is 111 Å². The largest absolute Gasteiger partial charge is 0.385 e. The summed E-state index contributed by atoms with van der Waals surface area (Å²) in [7, 11) is -1.44. The molecule has 1 atom stereocenters. The van der Waals surface area contributed by atoms with Crippen LogP contribution in [0.2, 0.25) is 0 Å². The van der Waals surface area contributed by atoms with Crippen molar-refractivity contribution in [1.29, 1.82) is 0 Å². The summed E-state index contributed by atoms with van der Waals surface area (Å²) in [6.07, 6.45) is 6.11.